The van der Waals surface area contributed by atoms with E-state index in [1.54, 1.807) is 25.3 Å². The van der Waals surface area contributed by atoms with Crippen LogP contribution in [0.1, 0.15) is 24.3 Å². The Kier molecular flexibility index (Phi) is 4.90. The van der Waals surface area contributed by atoms with Crippen LogP contribution in [0.25, 0.3) is 0 Å². The van der Waals surface area contributed by atoms with Crippen LogP contribution < -0.4 is 10.6 Å². The van der Waals surface area contributed by atoms with Crippen LogP contribution in [0.3, 0.4) is 0 Å². The van der Waals surface area contributed by atoms with Gasteiger partial charge in [-0.15, -0.1) is 0 Å². The molecular weight excluding hydrogens is 314 g/mol. The normalized spacial score (nSPS) is 17.0. The van der Waals surface area contributed by atoms with Gasteiger partial charge in [0.1, 0.15) is 11.5 Å². The van der Waals surface area contributed by atoms with E-state index in [1.807, 2.05) is 0 Å². The van der Waals surface area contributed by atoms with Crippen molar-refractivity contribution in [1.82, 2.24) is 9.97 Å². The average Bonchev–Trinajstić information content (AvgIpc) is 3.23. The van der Waals surface area contributed by atoms with E-state index in [2.05, 4.69) is 20.6 Å². The fourth-order valence-electron chi connectivity index (χ4n) is 2.58. The minimum atomic E-state index is -0.482. The molecule has 1 fully saturated rings. The second kappa shape index (κ2) is 7.26. The first-order valence-corrected chi connectivity index (χ1v) is 7.78. The minimum Gasteiger partial charge on any atom is -0.467 e. The summed E-state index contributed by atoms with van der Waals surface area (Å²) in [5, 5.41) is 17.3. The van der Waals surface area contributed by atoms with Gasteiger partial charge in [-0.2, -0.15) is 4.98 Å². The number of anilines is 2. The van der Waals surface area contributed by atoms with Gasteiger partial charge in [-0.05, 0) is 31.9 Å². The molecule has 1 atom stereocenters. The first-order valence-electron chi connectivity index (χ1n) is 7.78. The summed E-state index contributed by atoms with van der Waals surface area (Å²) in [6, 6.07) is 3.54. The summed E-state index contributed by atoms with van der Waals surface area (Å²) in [5.41, 5.74) is 0.163. The third-order valence-electron chi connectivity index (χ3n) is 3.76. The summed E-state index contributed by atoms with van der Waals surface area (Å²) in [6.07, 6.45) is 3.71. The zero-order chi connectivity index (χ0) is 16.9. The van der Waals surface area contributed by atoms with Gasteiger partial charge in [-0.25, -0.2) is 4.98 Å². The fourth-order valence-corrected chi connectivity index (χ4v) is 2.58. The molecule has 1 aliphatic rings. The molecule has 9 heteroatoms. The Morgan fingerprint density at radius 1 is 1.42 bits per heavy atom. The summed E-state index contributed by atoms with van der Waals surface area (Å²) >= 11 is 0. The molecule has 2 N–H and O–H groups in total. The zero-order valence-electron chi connectivity index (χ0n) is 13.3. The molecule has 128 valence electrons. The summed E-state index contributed by atoms with van der Waals surface area (Å²) in [7, 11) is 0. The van der Waals surface area contributed by atoms with E-state index in [-0.39, 0.29) is 17.6 Å². The molecule has 9 nitrogen and oxygen atoms in total. The van der Waals surface area contributed by atoms with Crippen molar-refractivity contribution >= 4 is 17.5 Å². The van der Waals surface area contributed by atoms with Crippen LogP contribution in [-0.2, 0) is 11.3 Å². The molecule has 0 aliphatic carbocycles. The molecule has 0 aromatic carbocycles. The number of hydrogen-bond donors (Lipinski definition) is 2. The molecule has 0 radical (unpaired) electrons. The Morgan fingerprint density at radius 3 is 2.96 bits per heavy atom. The van der Waals surface area contributed by atoms with Gasteiger partial charge in [-0.3, -0.25) is 10.1 Å². The summed E-state index contributed by atoms with van der Waals surface area (Å²) in [6.45, 7) is 3.24. The van der Waals surface area contributed by atoms with Crippen molar-refractivity contribution in [3.05, 3.63) is 40.0 Å². The zero-order valence-corrected chi connectivity index (χ0v) is 13.3. The van der Waals surface area contributed by atoms with Crippen molar-refractivity contribution < 1.29 is 14.1 Å². The van der Waals surface area contributed by atoms with Crippen LogP contribution in [0.15, 0.2) is 22.8 Å². The van der Waals surface area contributed by atoms with E-state index >= 15 is 0 Å². The standard InChI is InChI=1S/C15H19N5O4/c1-10-13(20(21)22)14(16-8-11-4-2-6-23-11)19-15(18-10)17-9-12-5-3-7-24-12/h2,4,6,12H,3,5,7-9H2,1H3,(H2,16,17,18,19)/t12-/m0/s1. The highest BCUT2D eigenvalue weighted by atomic mass is 16.6. The number of rotatable bonds is 7. The minimum absolute atomic E-state index is 0.128. The van der Waals surface area contributed by atoms with Gasteiger partial charge in [0.05, 0.1) is 23.8 Å². The Labute approximate surface area is 138 Å². The SMILES string of the molecule is Cc1nc(NC[C@@H]2CCCO2)nc(NCc2ccco2)c1[N+](=O)[O-]. The lowest BCUT2D eigenvalue weighted by atomic mass is 10.2. The number of nitrogens with one attached hydrogen (secondary N) is 2. The summed E-state index contributed by atoms with van der Waals surface area (Å²) < 4.78 is 10.8. The summed E-state index contributed by atoms with van der Waals surface area (Å²) in [4.78, 5) is 19.2. The predicted molar refractivity (Wildman–Crippen MR) is 86.9 cm³/mol. The lowest BCUT2D eigenvalue weighted by Crippen LogP contribution is -2.20. The van der Waals surface area contributed by atoms with E-state index in [0.29, 0.717) is 30.5 Å². The van der Waals surface area contributed by atoms with Gasteiger partial charge in [0.15, 0.2) is 0 Å². The van der Waals surface area contributed by atoms with Crippen molar-refractivity contribution in [3.63, 3.8) is 0 Å². The van der Waals surface area contributed by atoms with Crippen molar-refractivity contribution in [2.75, 3.05) is 23.8 Å². The third kappa shape index (κ3) is 3.80. The van der Waals surface area contributed by atoms with Gasteiger partial charge in [0.2, 0.25) is 11.8 Å². The van der Waals surface area contributed by atoms with Crippen LogP contribution in [0.4, 0.5) is 17.5 Å². The number of furan rings is 1. The number of nitro groups is 1. The van der Waals surface area contributed by atoms with E-state index in [1.165, 1.54) is 0 Å². The Hall–Kier alpha value is -2.68. The smallest absolute Gasteiger partial charge is 0.332 e. The maximum Gasteiger partial charge on any atom is 0.332 e. The molecule has 2 aromatic heterocycles. The molecule has 1 saturated heterocycles. The second-order valence-corrected chi connectivity index (χ2v) is 5.54. The van der Waals surface area contributed by atoms with Crippen LogP contribution >= 0.6 is 0 Å². The first kappa shape index (κ1) is 16.2. The summed E-state index contributed by atoms with van der Waals surface area (Å²) in [5.74, 6) is 1.17. The molecule has 0 amide bonds. The molecule has 1 aliphatic heterocycles. The van der Waals surface area contributed by atoms with E-state index in [9.17, 15) is 10.1 Å². The number of nitrogens with zero attached hydrogens (tertiary/aromatic N) is 3. The molecule has 24 heavy (non-hydrogen) atoms. The van der Waals surface area contributed by atoms with Crippen molar-refractivity contribution in [3.8, 4) is 0 Å². The second-order valence-electron chi connectivity index (χ2n) is 5.54. The number of ether oxygens (including phenoxy) is 1. The fraction of sp³-hybridized carbons (Fsp3) is 0.467. The first-order chi connectivity index (χ1) is 11.6. The molecule has 2 aromatic rings. The Balaban J connectivity index is 1.76. The molecule has 0 spiro atoms. The van der Waals surface area contributed by atoms with Crippen LogP contribution in [0.2, 0.25) is 0 Å². The lowest BCUT2D eigenvalue weighted by molar-refractivity contribution is -0.385. The topological polar surface area (TPSA) is 115 Å². The van der Waals surface area contributed by atoms with Gasteiger partial charge in [0, 0.05) is 13.2 Å². The van der Waals surface area contributed by atoms with Crippen LogP contribution in [0.5, 0.6) is 0 Å². The van der Waals surface area contributed by atoms with E-state index in [0.717, 1.165) is 19.4 Å². The molecule has 0 unspecified atom stereocenters. The monoisotopic (exact) mass is 333 g/mol. The maximum atomic E-state index is 11.3. The van der Waals surface area contributed by atoms with E-state index in [4.69, 9.17) is 9.15 Å². The van der Waals surface area contributed by atoms with E-state index < -0.39 is 4.92 Å². The highest BCUT2D eigenvalue weighted by Crippen LogP contribution is 2.27. The lowest BCUT2D eigenvalue weighted by Gasteiger charge is -2.13. The predicted octanol–water partition coefficient (Wildman–Crippen LogP) is 2.49. The van der Waals surface area contributed by atoms with Crippen LogP contribution in [-0.4, -0.2) is 34.1 Å². The number of aryl methyl sites for hydroxylation is 1. The average molecular weight is 333 g/mol. The highest BCUT2D eigenvalue weighted by molar-refractivity contribution is 5.60. The molecule has 0 bridgehead atoms. The van der Waals surface area contributed by atoms with Gasteiger partial charge >= 0.3 is 5.69 Å². The highest BCUT2D eigenvalue weighted by Gasteiger charge is 2.23. The van der Waals surface area contributed by atoms with Gasteiger partial charge in [-0.1, -0.05) is 0 Å². The molecule has 3 heterocycles. The molecule has 3 rings (SSSR count). The van der Waals surface area contributed by atoms with Crippen molar-refractivity contribution in [1.29, 1.82) is 0 Å². The number of hydrogen-bond acceptors (Lipinski definition) is 8. The van der Waals surface area contributed by atoms with Gasteiger partial charge in [0.25, 0.3) is 0 Å². The van der Waals surface area contributed by atoms with Crippen molar-refractivity contribution in [2.45, 2.75) is 32.4 Å². The maximum absolute atomic E-state index is 11.3. The van der Waals surface area contributed by atoms with Crippen LogP contribution in [0, 0.1) is 17.0 Å². The molecular formula is C15H19N5O4. The third-order valence-corrected chi connectivity index (χ3v) is 3.76. The van der Waals surface area contributed by atoms with Crippen molar-refractivity contribution in [2.24, 2.45) is 0 Å². The molecule has 0 saturated carbocycles. The quantitative estimate of drug-likeness (QED) is 0.586. The largest absolute Gasteiger partial charge is 0.467 e. The van der Waals surface area contributed by atoms with Gasteiger partial charge < -0.3 is 19.8 Å². The Morgan fingerprint density at radius 2 is 2.29 bits per heavy atom. The number of aromatic nitrogens is 2. The Bertz CT molecular complexity index is 698.